The van der Waals surface area contributed by atoms with Gasteiger partial charge in [0.15, 0.2) is 5.96 Å². The fraction of sp³-hybridized carbons (Fsp3) is 0.625. The van der Waals surface area contributed by atoms with Gasteiger partial charge in [-0.3, -0.25) is 24.4 Å². The SMILES string of the molecule is C=CCN(CC=C)C(CNC(=NC)NCCN1C(=O)C2C3C=CC(C3)C2C1=O)C(C)C.I. The number of hydrogen-bond donors (Lipinski definition) is 2. The van der Waals surface area contributed by atoms with Crippen LogP contribution in [0.5, 0.6) is 0 Å². The Hall–Kier alpha value is -1.68. The van der Waals surface area contributed by atoms with E-state index in [9.17, 15) is 9.59 Å². The first-order valence-corrected chi connectivity index (χ1v) is 11.4. The van der Waals surface area contributed by atoms with Crippen molar-refractivity contribution in [1.29, 1.82) is 0 Å². The van der Waals surface area contributed by atoms with E-state index in [0.29, 0.717) is 31.0 Å². The van der Waals surface area contributed by atoms with Crippen molar-refractivity contribution in [2.75, 3.05) is 39.8 Å². The summed E-state index contributed by atoms with van der Waals surface area (Å²) in [6, 6.07) is 0.290. The van der Waals surface area contributed by atoms with Crippen molar-refractivity contribution in [2.24, 2.45) is 34.6 Å². The zero-order valence-electron chi connectivity index (χ0n) is 19.5. The van der Waals surface area contributed by atoms with Crippen molar-refractivity contribution in [3.05, 3.63) is 37.5 Å². The Morgan fingerprint density at radius 2 is 1.72 bits per heavy atom. The minimum atomic E-state index is -0.132. The maximum atomic E-state index is 12.8. The minimum absolute atomic E-state index is 0. The van der Waals surface area contributed by atoms with E-state index in [1.807, 2.05) is 12.2 Å². The van der Waals surface area contributed by atoms with Crippen LogP contribution in [-0.2, 0) is 9.59 Å². The summed E-state index contributed by atoms with van der Waals surface area (Å²) in [5.74, 6) is 1.35. The highest BCUT2D eigenvalue weighted by molar-refractivity contribution is 14.0. The van der Waals surface area contributed by atoms with E-state index in [0.717, 1.165) is 26.1 Å². The van der Waals surface area contributed by atoms with Crippen LogP contribution in [0.2, 0.25) is 0 Å². The Kier molecular flexibility index (Phi) is 9.94. The molecule has 0 aromatic rings. The summed E-state index contributed by atoms with van der Waals surface area (Å²) in [5.41, 5.74) is 0. The Morgan fingerprint density at radius 3 is 2.19 bits per heavy atom. The van der Waals surface area contributed by atoms with Crippen LogP contribution in [0, 0.1) is 29.6 Å². The molecule has 8 heteroatoms. The average molecular weight is 556 g/mol. The van der Waals surface area contributed by atoms with Crippen molar-refractivity contribution < 1.29 is 9.59 Å². The number of fused-ring (bicyclic) bond motifs is 5. The predicted octanol–water partition coefficient (Wildman–Crippen LogP) is 2.28. The third-order valence-electron chi connectivity index (χ3n) is 6.86. The van der Waals surface area contributed by atoms with Gasteiger partial charge < -0.3 is 10.6 Å². The highest BCUT2D eigenvalue weighted by atomic mass is 127. The summed E-state index contributed by atoms with van der Waals surface area (Å²) in [7, 11) is 1.73. The summed E-state index contributed by atoms with van der Waals surface area (Å²) >= 11 is 0. The minimum Gasteiger partial charge on any atom is -0.355 e. The monoisotopic (exact) mass is 555 g/mol. The van der Waals surface area contributed by atoms with Gasteiger partial charge in [0.05, 0.1) is 11.8 Å². The molecule has 32 heavy (non-hydrogen) atoms. The second kappa shape index (κ2) is 12.0. The first-order chi connectivity index (χ1) is 14.9. The molecule has 2 fully saturated rings. The largest absolute Gasteiger partial charge is 0.355 e. The van der Waals surface area contributed by atoms with E-state index in [1.54, 1.807) is 7.05 Å². The summed E-state index contributed by atoms with van der Waals surface area (Å²) < 4.78 is 0. The maximum Gasteiger partial charge on any atom is 0.233 e. The number of nitrogens with one attached hydrogen (secondary N) is 2. The average Bonchev–Trinajstić information content (AvgIpc) is 3.42. The normalized spacial score (nSPS) is 27.0. The molecule has 0 spiro atoms. The summed E-state index contributed by atoms with van der Waals surface area (Å²) in [5, 5.41) is 6.65. The van der Waals surface area contributed by atoms with Gasteiger partial charge in [0.2, 0.25) is 11.8 Å². The molecule has 2 amide bonds. The molecule has 2 N–H and O–H groups in total. The number of amides is 2. The lowest BCUT2D eigenvalue weighted by Crippen LogP contribution is -2.50. The van der Waals surface area contributed by atoms with Crippen LogP contribution < -0.4 is 10.6 Å². The Labute approximate surface area is 209 Å². The van der Waals surface area contributed by atoms with Gasteiger partial charge in [0, 0.05) is 45.8 Å². The fourth-order valence-corrected chi connectivity index (χ4v) is 5.36. The van der Waals surface area contributed by atoms with Crippen molar-refractivity contribution >= 4 is 41.8 Å². The molecule has 5 unspecified atom stereocenters. The van der Waals surface area contributed by atoms with E-state index in [2.05, 4.69) is 59.7 Å². The number of rotatable bonds is 11. The lowest BCUT2D eigenvalue weighted by atomic mass is 9.85. The zero-order valence-corrected chi connectivity index (χ0v) is 21.8. The smallest absolute Gasteiger partial charge is 0.233 e. The Morgan fingerprint density at radius 1 is 1.16 bits per heavy atom. The number of nitrogens with zero attached hydrogens (tertiary/aromatic N) is 3. The van der Waals surface area contributed by atoms with Gasteiger partial charge in [-0.2, -0.15) is 0 Å². The van der Waals surface area contributed by atoms with Crippen LogP contribution in [0.25, 0.3) is 0 Å². The first-order valence-electron chi connectivity index (χ1n) is 11.4. The van der Waals surface area contributed by atoms with Crippen LogP contribution in [-0.4, -0.2) is 73.4 Å². The van der Waals surface area contributed by atoms with E-state index in [1.165, 1.54) is 4.90 Å². The molecular formula is C24H38IN5O2. The highest BCUT2D eigenvalue weighted by Gasteiger charge is 2.58. The molecule has 2 aliphatic carbocycles. The second-order valence-electron chi connectivity index (χ2n) is 9.05. The summed E-state index contributed by atoms with van der Waals surface area (Å²) in [6.45, 7) is 15.3. The van der Waals surface area contributed by atoms with E-state index in [4.69, 9.17) is 0 Å². The first kappa shape index (κ1) is 26.6. The van der Waals surface area contributed by atoms with Crippen LogP contribution in [0.3, 0.4) is 0 Å². The van der Waals surface area contributed by atoms with Gasteiger partial charge in [0.25, 0.3) is 0 Å². The molecule has 7 nitrogen and oxygen atoms in total. The topological polar surface area (TPSA) is 77.0 Å². The van der Waals surface area contributed by atoms with E-state index < -0.39 is 0 Å². The molecule has 3 rings (SSSR count). The number of hydrogen-bond acceptors (Lipinski definition) is 4. The second-order valence-corrected chi connectivity index (χ2v) is 9.05. The van der Waals surface area contributed by atoms with Gasteiger partial charge in [-0.25, -0.2) is 0 Å². The predicted molar refractivity (Wildman–Crippen MR) is 140 cm³/mol. The lowest BCUT2D eigenvalue weighted by molar-refractivity contribution is -0.140. The van der Waals surface area contributed by atoms with Crippen LogP contribution in [0.4, 0.5) is 0 Å². The zero-order chi connectivity index (χ0) is 22.5. The third kappa shape index (κ3) is 5.44. The van der Waals surface area contributed by atoms with Gasteiger partial charge in [0.1, 0.15) is 0 Å². The molecule has 0 aromatic carbocycles. The quantitative estimate of drug-likeness (QED) is 0.135. The summed E-state index contributed by atoms with van der Waals surface area (Å²) in [6.07, 6.45) is 9.02. The molecule has 0 aromatic heterocycles. The molecule has 178 valence electrons. The number of carbonyl (C=O) groups excluding carboxylic acids is 2. The number of halogens is 1. The molecular weight excluding hydrogens is 517 g/mol. The number of likely N-dealkylation sites (tertiary alicyclic amines) is 1. The maximum absolute atomic E-state index is 12.8. The number of carbonyl (C=O) groups is 2. The van der Waals surface area contributed by atoms with Crippen molar-refractivity contribution in [3.8, 4) is 0 Å². The Bertz CT molecular complexity index is 725. The van der Waals surface area contributed by atoms with Crippen molar-refractivity contribution in [2.45, 2.75) is 26.3 Å². The number of guanidine groups is 1. The van der Waals surface area contributed by atoms with Crippen molar-refractivity contribution in [1.82, 2.24) is 20.4 Å². The summed E-state index contributed by atoms with van der Waals surface area (Å²) in [4.78, 5) is 33.7. The van der Waals surface area contributed by atoms with Crippen LogP contribution in [0.1, 0.15) is 20.3 Å². The Balaban J connectivity index is 0.00000363. The number of aliphatic imine (C=N–C) groups is 1. The standard InChI is InChI=1S/C24H37N5O2.HI/c1-6-11-28(12-7-2)19(16(3)4)15-27-24(25-5)26-10-13-29-22(30)20-17-8-9-18(14-17)21(20)23(29)31;/h6-9,16-21H,1-2,10-15H2,3-5H3,(H2,25,26,27);1H. The molecule has 1 aliphatic heterocycles. The molecule has 2 bridgehead atoms. The molecule has 1 saturated heterocycles. The fourth-order valence-electron chi connectivity index (χ4n) is 5.36. The number of allylic oxidation sites excluding steroid dienone is 2. The van der Waals surface area contributed by atoms with Gasteiger partial charge in [-0.05, 0) is 24.2 Å². The van der Waals surface area contributed by atoms with E-state index >= 15 is 0 Å². The molecule has 1 heterocycles. The van der Waals surface area contributed by atoms with Gasteiger partial charge in [-0.1, -0.05) is 38.2 Å². The van der Waals surface area contributed by atoms with Gasteiger partial charge >= 0.3 is 0 Å². The van der Waals surface area contributed by atoms with Crippen LogP contribution >= 0.6 is 24.0 Å². The highest BCUT2D eigenvalue weighted by Crippen LogP contribution is 2.52. The molecule has 5 atom stereocenters. The van der Waals surface area contributed by atoms with Crippen LogP contribution in [0.15, 0.2) is 42.5 Å². The third-order valence-corrected chi connectivity index (χ3v) is 6.86. The molecule has 3 aliphatic rings. The number of imide groups is 1. The molecule has 0 radical (unpaired) electrons. The van der Waals surface area contributed by atoms with Crippen molar-refractivity contribution in [3.63, 3.8) is 0 Å². The van der Waals surface area contributed by atoms with Gasteiger partial charge in [-0.15, -0.1) is 37.1 Å². The molecule has 1 saturated carbocycles. The van der Waals surface area contributed by atoms with E-state index in [-0.39, 0.29) is 59.5 Å². The lowest BCUT2D eigenvalue weighted by Gasteiger charge is -2.33.